The second kappa shape index (κ2) is 8.55. The molecular formula is C21H17ClN4O2S. The van der Waals surface area contributed by atoms with Gasteiger partial charge in [-0.1, -0.05) is 47.1 Å². The molecule has 0 aliphatic carbocycles. The molecule has 0 radical (unpaired) electrons. The second-order valence-corrected chi connectivity index (χ2v) is 7.92. The molecule has 0 saturated carbocycles. The van der Waals surface area contributed by atoms with Gasteiger partial charge in [0.15, 0.2) is 0 Å². The van der Waals surface area contributed by atoms with Gasteiger partial charge in [0.25, 0.3) is 0 Å². The zero-order valence-electron chi connectivity index (χ0n) is 15.6. The number of aromatic nitrogens is 3. The normalized spacial score (nSPS) is 10.8. The van der Waals surface area contributed by atoms with E-state index in [1.54, 1.807) is 23.5 Å². The van der Waals surface area contributed by atoms with Crippen molar-refractivity contribution in [2.75, 3.05) is 0 Å². The van der Waals surface area contributed by atoms with E-state index in [2.05, 4.69) is 20.4 Å². The molecule has 0 saturated heterocycles. The number of hydrogen-bond acceptors (Lipinski definition) is 6. The highest BCUT2D eigenvalue weighted by Crippen LogP contribution is 2.26. The van der Waals surface area contributed by atoms with Crippen LogP contribution in [0.3, 0.4) is 0 Å². The summed E-state index contributed by atoms with van der Waals surface area (Å²) in [4.78, 5) is 21.0. The molecule has 1 amide bonds. The second-order valence-electron chi connectivity index (χ2n) is 6.42. The molecule has 8 heteroatoms. The van der Waals surface area contributed by atoms with Gasteiger partial charge in [0, 0.05) is 21.5 Å². The molecule has 6 nitrogen and oxygen atoms in total. The summed E-state index contributed by atoms with van der Waals surface area (Å²) in [7, 11) is 0. The standard InChI is InChI=1S/C21H17ClN4O2S/c1-13-24-18(12-29-13)15-3-2-4-16(10-15)21-25-20(28-26-21)11-23-19(27)9-14-5-7-17(22)8-6-14/h2-8,10,12H,9,11H2,1H3,(H,23,27). The van der Waals surface area contributed by atoms with E-state index in [-0.39, 0.29) is 18.9 Å². The van der Waals surface area contributed by atoms with Gasteiger partial charge in [-0.05, 0) is 30.7 Å². The summed E-state index contributed by atoms with van der Waals surface area (Å²) < 4.78 is 5.28. The summed E-state index contributed by atoms with van der Waals surface area (Å²) in [5.41, 5.74) is 3.63. The lowest BCUT2D eigenvalue weighted by Crippen LogP contribution is -2.24. The lowest BCUT2D eigenvalue weighted by Gasteiger charge is -2.02. The molecule has 2 aromatic carbocycles. The molecular weight excluding hydrogens is 408 g/mol. The third kappa shape index (κ3) is 4.88. The fourth-order valence-electron chi connectivity index (χ4n) is 2.78. The summed E-state index contributed by atoms with van der Waals surface area (Å²) in [6, 6.07) is 15.0. The maximum absolute atomic E-state index is 12.1. The van der Waals surface area contributed by atoms with Gasteiger partial charge in [-0.2, -0.15) is 4.98 Å². The van der Waals surface area contributed by atoms with Crippen LogP contribution in [0.2, 0.25) is 5.02 Å². The minimum atomic E-state index is -0.132. The number of thiazole rings is 1. The van der Waals surface area contributed by atoms with E-state index in [9.17, 15) is 4.79 Å². The highest BCUT2D eigenvalue weighted by atomic mass is 35.5. The molecule has 0 unspecified atom stereocenters. The average Bonchev–Trinajstić information content (AvgIpc) is 3.38. The SMILES string of the molecule is Cc1nc(-c2cccc(-c3noc(CNC(=O)Cc4ccc(Cl)cc4)n3)c2)cs1. The van der Waals surface area contributed by atoms with Crippen LogP contribution in [0.15, 0.2) is 58.4 Å². The first-order valence-electron chi connectivity index (χ1n) is 8.93. The van der Waals surface area contributed by atoms with Gasteiger partial charge in [-0.25, -0.2) is 4.98 Å². The summed E-state index contributed by atoms with van der Waals surface area (Å²) >= 11 is 7.46. The molecule has 2 aromatic heterocycles. The molecule has 0 atom stereocenters. The molecule has 4 aromatic rings. The van der Waals surface area contributed by atoms with Gasteiger partial charge in [0.1, 0.15) is 0 Å². The van der Waals surface area contributed by atoms with Crippen LogP contribution < -0.4 is 5.32 Å². The van der Waals surface area contributed by atoms with Gasteiger partial charge in [0.05, 0.1) is 23.7 Å². The van der Waals surface area contributed by atoms with Crippen LogP contribution in [0, 0.1) is 6.92 Å². The molecule has 1 N–H and O–H groups in total. The molecule has 0 bridgehead atoms. The first-order valence-corrected chi connectivity index (χ1v) is 10.2. The highest BCUT2D eigenvalue weighted by Gasteiger charge is 2.12. The summed E-state index contributed by atoms with van der Waals surface area (Å²) in [6.45, 7) is 2.15. The topological polar surface area (TPSA) is 80.9 Å². The third-order valence-electron chi connectivity index (χ3n) is 4.22. The Morgan fingerprint density at radius 1 is 1.14 bits per heavy atom. The van der Waals surface area contributed by atoms with Crippen LogP contribution in [0.25, 0.3) is 22.6 Å². The lowest BCUT2D eigenvalue weighted by molar-refractivity contribution is -0.120. The highest BCUT2D eigenvalue weighted by molar-refractivity contribution is 7.09. The van der Waals surface area contributed by atoms with Gasteiger partial charge in [-0.15, -0.1) is 11.3 Å². The van der Waals surface area contributed by atoms with Crippen molar-refractivity contribution in [1.82, 2.24) is 20.4 Å². The molecule has 0 fully saturated rings. The first-order chi connectivity index (χ1) is 14.1. The summed E-state index contributed by atoms with van der Waals surface area (Å²) in [5, 5.41) is 10.5. The Balaban J connectivity index is 1.39. The van der Waals surface area contributed by atoms with Crippen molar-refractivity contribution in [3.05, 3.63) is 75.4 Å². The molecule has 146 valence electrons. The molecule has 2 heterocycles. The van der Waals surface area contributed by atoms with Crippen LogP contribution >= 0.6 is 22.9 Å². The van der Waals surface area contributed by atoms with Crippen molar-refractivity contribution < 1.29 is 9.32 Å². The minimum Gasteiger partial charge on any atom is -0.347 e. The molecule has 0 aliphatic heterocycles. The van der Waals surface area contributed by atoms with E-state index in [0.29, 0.717) is 16.7 Å². The van der Waals surface area contributed by atoms with E-state index in [4.69, 9.17) is 16.1 Å². The Morgan fingerprint density at radius 3 is 2.69 bits per heavy atom. The predicted octanol–water partition coefficient (Wildman–Crippen LogP) is 4.68. The predicted molar refractivity (Wildman–Crippen MR) is 113 cm³/mol. The van der Waals surface area contributed by atoms with Gasteiger partial charge >= 0.3 is 0 Å². The van der Waals surface area contributed by atoms with Crippen molar-refractivity contribution in [1.29, 1.82) is 0 Å². The van der Waals surface area contributed by atoms with E-state index in [0.717, 1.165) is 27.4 Å². The number of nitrogens with zero attached hydrogens (tertiary/aromatic N) is 3. The number of benzene rings is 2. The van der Waals surface area contributed by atoms with Crippen LogP contribution in [0.4, 0.5) is 0 Å². The number of carbonyl (C=O) groups excluding carboxylic acids is 1. The minimum absolute atomic E-state index is 0.132. The number of rotatable bonds is 6. The number of halogens is 1. The Morgan fingerprint density at radius 2 is 1.93 bits per heavy atom. The van der Waals surface area contributed by atoms with Gasteiger partial charge in [-0.3, -0.25) is 4.79 Å². The monoisotopic (exact) mass is 424 g/mol. The number of nitrogens with one attached hydrogen (secondary N) is 1. The Labute approximate surface area is 176 Å². The van der Waals surface area contributed by atoms with E-state index < -0.39 is 0 Å². The summed E-state index contributed by atoms with van der Waals surface area (Å²) in [6.07, 6.45) is 0.257. The smallest absolute Gasteiger partial charge is 0.246 e. The number of aryl methyl sites for hydroxylation is 1. The number of amides is 1. The molecule has 4 rings (SSSR count). The maximum Gasteiger partial charge on any atom is 0.246 e. The van der Waals surface area contributed by atoms with Crippen LogP contribution in [-0.4, -0.2) is 21.0 Å². The van der Waals surface area contributed by atoms with Gasteiger partial charge < -0.3 is 9.84 Å². The van der Waals surface area contributed by atoms with E-state index in [1.807, 2.05) is 48.7 Å². The third-order valence-corrected chi connectivity index (χ3v) is 5.24. The number of carbonyl (C=O) groups is 1. The van der Waals surface area contributed by atoms with Crippen molar-refractivity contribution in [2.45, 2.75) is 19.9 Å². The van der Waals surface area contributed by atoms with Crippen LogP contribution in [0.1, 0.15) is 16.5 Å². The first kappa shape index (κ1) is 19.3. The Bertz CT molecular complexity index is 1140. The fraction of sp³-hybridized carbons (Fsp3) is 0.143. The van der Waals surface area contributed by atoms with Crippen molar-refractivity contribution >= 4 is 28.8 Å². The molecule has 0 aliphatic rings. The van der Waals surface area contributed by atoms with Crippen LogP contribution in [0.5, 0.6) is 0 Å². The number of hydrogen-bond donors (Lipinski definition) is 1. The van der Waals surface area contributed by atoms with Crippen molar-refractivity contribution in [2.24, 2.45) is 0 Å². The maximum atomic E-state index is 12.1. The molecule has 29 heavy (non-hydrogen) atoms. The van der Waals surface area contributed by atoms with Crippen molar-refractivity contribution in [3.8, 4) is 22.6 Å². The van der Waals surface area contributed by atoms with Crippen molar-refractivity contribution in [3.63, 3.8) is 0 Å². The van der Waals surface area contributed by atoms with Gasteiger partial charge in [0.2, 0.25) is 17.6 Å². The fourth-order valence-corrected chi connectivity index (χ4v) is 3.53. The quantitative estimate of drug-likeness (QED) is 0.486. The Hall–Kier alpha value is -3.03. The van der Waals surface area contributed by atoms with E-state index >= 15 is 0 Å². The largest absolute Gasteiger partial charge is 0.347 e. The van der Waals surface area contributed by atoms with E-state index in [1.165, 1.54) is 0 Å². The zero-order valence-corrected chi connectivity index (χ0v) is 17.1. The lowest BCUT2D eigenvalue weighted by atomic mass is 10.1. The Kier molecular flexibility index (Phi) is 5.69. The molecule has 0 spiro atoms. The van der Waals surface area contributed by atoms with Crippen LogP contribution in [-0.2, 0) is 17.8 Å². The summed E-state index contributed by atoms with van der Waals surface area (Å²) in [5.74, 6) is 0.688. The average molecular weight is 425 g/mol. The zero-order chi connectivity index (χ0) is 20.2.